The highest BCUT2D eigenvalue weighted by Gasteiger charge is 2.48. The van der Waals surface area contributed by atoms with Gasteiger partial charge in [-0.1, -0.05) is 43.2 Å². The van der Waals surface area contributed by atoms with E-state index in [9.17, 15) is 14.4 Å². The van der Waals surface area contributed by atoms with Crippen molar-refractivity contribution in [2.75, 3.05) is 6.54 Å². The molecule has 1 saturated heterocycles. The molecule has 0 spiro atoms. The second-order valence-electron chi connectivity index (χ2n) is 7.25. The van der Waals surface area contributed by atoms with E-state index >= 15 is 0 Å². The number of nitrogens with zero attached hydrogens (tertiary/aromatic N) is 1. The number of amides is 3. The van der Waals surface area contributed by atoms with E-state index in [1.165, 1.54) is 10.5 Å². The lowest BCUT2D eigenvalue weighted by atomic mass is 9.81. The molecule has 3 amide bonds. The van der Waals surface area contributed by atoms with Crippen LogP contribution in [0.25, 0.3) is 0 Å². The van der Waals surface area contributed by atoms with Crippen LogP contribution in [0, 0.1) is 11.8 Å². The lowest BCUT2D eigenvalue weighted by Crippen LogP contribution is -2.43. The van der Waals surface area contributed by atoms with Crippen LogP contribution in [0.15, 0.2) is 30.3 Å². The van der Waals surface area contributed by atoms with E-state index in [1.807, 2.05) is 25.1 Å². The summed E-state index contributed by atoms with van der Waals surface area (Å²) in [5, 5.41) is 2.91. The predicted molar refractivity (Wildman–Crippen MR) is 94.5 cm³/mol. The minimum Gasteiger partial charge on any atom is -0.352 e. The largest absolute Gasteiger partial charge is 0.352 e. The molecule has 0 bridgehead atoms. The van der Waals surface area contributed by atoms with Gasteiger partial charge in [0.05, 0.1) is 11.8 Å². The molecule has 1 saturated carbocycles. The van der Waals surface area contributed by atoms with Crippen molar-refractivity contribution in [2.45, 2.75) is 51.5 Å². The van der Waals surface area contributed by atoms with Crippen LogP contribution in [-0.4, -0.2) is 35.2 Å². The Balaban J connectivity index is 1.48. The number of benzene rings is 1. The van der Waals surface area contributed by atoms with Gasteiger partial charge in [0.2, 0.25) is 17.7 Å². The molecule has 5 nitrogen and oxygen atoms in total. The van der Waals surface area contributed by atoms with Crippen LogP contribution in [0.1, 0.15) is 44.6 Å². The smallest absolute Gasteiger partial charge is 0.240 e. The molecule has 0 aromatic heterocycles. The van der Waals surface area contributed by atoms with Gasteiger partial charge in [0.1, 0.15) is 6.54 Å². The zero-order valence-electron chi connectivity index (χ0n) is 14.7. The van der Waals surface area contributed by atoms with E-state index in [0.717, 1.165) is 38.5 Å². The van der Waals surface area contributed by atoms with Crippen molar-refractivity contribution in [3.63, 3.8) is 0 Å². The van der Waals surface area contributed by atoms with Crippen molar-refractivity contribution >= 4 is 17.7 Å². The van der Waals surface area contributed by atoms with Gasteiger partial charge in [-0.3, -0.25) is 19.3 Å². The summed E-state index contributed by atoms with van der Waals surface area (Å²) in [5.41, 5.74) is 1.23. The summed E-state index contributed by atoms with van der Waals surface area (Å²) in [6.07, 6.45) is 5.26. The molecule has 1 N–H and O–H groups in total. The summed E-state index contributed by atoms with van der Waals surface area (Å²) < 4.78 is 0. The van der Waals surface area contributed by atoms with Crippen molar-refractivity contribution in [1.82, 2.24) is 10.2 Å². The summed E-state index contributed by atoms with van der Waals surface area (Å²) in [6.45, 7) is 1.81. The van der Waals surface area contributed by atoms with Gasteiger partial charge in [0, 0.05) is 6.04 Å². The Kier molecular flexibility index (Phi) is 5.51. The zero-order chi connectivity index (χ0) is 17.8. The number of aryl methyl sites for hydroxylation is 1. The Morgan fingerprint density at radius 3 is 2.32 bits per heavy atom. The normalized spacial score (nSPS) is 24.1. The number of imide groups is 1. The Morgan fingerprint density at radius 2 is 1.72 bits per heavy atom. The maximum absolute atomic E-state index is 12.4. The summed E-state index contributed by atoms with van der Waals surface area (Å²) in [6, 6.07) is 10.1. The van der Waals surface area contributed by atoms with Crippen molar-refractivity contribution in [3.8, 4) is 0 Å². The molecular weight excluding hydrogens is 316 g/mol. The number of fused-ring (bicyclic) bond motifs is 1. The highest BCUT2D eigenvalue weighted by atomic mass is 16.2. The third-order valence-corrected chi connectivity index (χ3v) is 5.35. The first-order chi connectivity index (χ1) is 12.1. The Labute approximate surface area is 148 Å². The molecule has 0 radical (unpaired) electrons. The van der Waals surface area contributed by atoms with Crippen LogP contribution in [0.5, 0.6) is 0 Å². The molecule has 134 valence electrons. The maximum Gasteiger partial charge on any atom is 0.240 e. The molecule has 5 heteroatoms. The zero-order valence-corrected chi connectivity index (χ0v) is 14.7. The SMILES string of the molecule is C[C@H](CCc1ccccc1)NC(=O)CN1C(=O)[C@H]2CCCC[C@@H]2C1=O. The topological polar surface area (TPSA) is 66.5 Å². The van der Waals surface area contributed by atoms with Gasteiger partial charge in [-0.2, -0.15) is 0 Å². The molecule has 3 atom stereocenters. The molecule has 1 aliphatic carbocycles. The van der Waals surface area contributed by atoms with Crippen LogP contribution >= 0.6 is 0 Å². The van der Waals surface area contributed by atoms with Crippen LogP contribution < -0.4 is 5.32 Å². The molecule has 25 heavy (non-hydrogen) atoms. The molecule has 1 aromatic carbocycles. The van der Waals surface area contributed by atoms with Crippen molar-refractivity contribution in [1.29, 1.82) is 0 Å². The van der Waals surface area contributed by atoms with Gasteiger partial charge < -0.3 is 5.32 Å². The molecule has 0 unspecified atom stereocenters. The Morgan fingerprint density at radius 1 is 1.12 bits per heavy atom. The van der Waals surface area contributed by atoms with Crippen molar-refractivity contribution in [3.05, 3.63) is 35.9 Å². The molecule has 3 rings (SSSR count). The molecular formula is C20H26N2O3. The van der Waals surface area contributed by atoms with Gasteiger partial charge in [-0.05, 0) is 38.2 Å². The minimum absolute atomic E-state index is 0.00258. The van der Waals surface area contributed by atoms with Crippen LogP contribution in [0.4, 0.5) is 0 Å². The Bertz CT molecular complexity index is 620. The number of rotatable bonds is 6. The van der Waals surface area contributed by atoms with E-state index in [1.54, 1.807) is 0 Å². The lowest BCUT2D eigenvalue weighted by molar-refractivity contribution is -0.143. The summed E-state index contributed by atoms with van der Waals surface area (Å²) in [7, 11) is 0. The summed E-state index contributed by atoms with van der Waals surface area (Å²) in [4.78, 5) is 38.3. The minimum atomic E-state index is -0.249. The standard InChI is InChI=1S/C20H26N2O3/c1-14(11-12-15-7-3-2-4-8-15)21-18(23)13-22-19(24)16-9-5-6-10-17(16)20(22)25/h2-4,7-8,14,16-17H,5-6,9-13H2,1H3,(H,21,23)/t14-,16+,17+/m1/s1. The summed E-state index contributed by atoms with van der Waals surface area (Å²) >= 11 is 0. The van der Waals surface area contributed by atoms with Crippen LogP contribution in [0.3, 0.4) is 0 Å². The average molecular weight is 342 g/mol. The first-order valence-electron chi connectivity index (χ1n) is 9.25. The quantitative estimate of drug-likeness (QED) is 0.807. The molecule has 1 aliphatic heterocycles. The van der Waals surface area contributed by atoms with Crippen molar-refractivity contribution < 1.29 is 14.4 Å². The van der Waals surface area contributed by atoms with Gasteiger partial charge in [0.15, 0.2) is 0 Å². The van der Waals surface area contributed by atoms with Crippen LogP contribution in [-0.2, 0) is 20.8 Å². The fourth-order valence-electron chi connectivity index (χ4n) is 3.95. The van der Waals surface area contributed by atoms with E-state index in [0.29, 0.717) is 0 Å². The molecule has 2 fully saturated rings. The third kappa shape index (κ3) is 4.09. The highest BCUT2D eigenvalue weighted by molar-refractivity contribution is 6.07. The van der Waals surface area contributed by atoms with Crippen molar-refractivity contribution in [2.24, 2.45) is 11.8 Å². The fraction of sp³-hybridized carbons (Fsp3) is 0.550. The molecule has 2 aliphatic rings. The first-order valence-corrected chi connectivity index (χ1v) is 9.25. The average Bonchev–Trinajstić information content (AvgIpc) is 2.86. The summed E-state index contributed by atoms with van der Waals surface area (Å²) in [5.74, 6) is -0.932. The number of carbonyl (C=O) groups is 3. The van der Waals surface area contributed by atoms with Gasteiger partial charge >= 0.3 is 0 Å². The number of hydrogen-bond donors (Lipinski definition) is 1. The van der Waals surface area contributed by atoms with Crippen LogP contribution in [0.2, 0.25) is 0 Å². The maximum atomic E-state index is 12.4. The fourth-order valence-corrected chi connectivity index (χ4v) is 3.95. The van der Waals surface area contributed by atoms with E-state index < -0.39 is 0 Å². The van der Waals surface area contributed by atoms with E-state index in [-0.39, 0.29) is 42.1 Å². The van der Waals surface area contributed by atoms with Gasteiger partial charge in [-0.15, -0.1) is 0 Å². The van der Waals surface area contributed by atoms with E-state index in [4.69, 9.17) is 0 Å². The monoisotopic (exact) mass is 342 g/mol. The van der Waals surface area contributed by atoms with Gasteiger partial charge in [-0.25, -0.2) is 0 Å². The number of hydrogen-bond acceptors (Lipinski definition) is 3. The Hall–Kier alpha value is -2.17. The lowest BCUT2D eigenvalue weighted by Gasteiger charge is -2.19. The van der Waals surface area contributed by atoms with E-state index in [2.05, 4.69) is 17.4 Å². The number of nitrogens with one attached hydrogen (secondary N) is 1. The second-order valence-corrected chi connectivity index (χ2v) is 7.25. The highest BCUT2D eigenvalue weighted by Crippen LogP contribution is 2.37. The first kappa shape index (κ1) is 17.6. The number of likely N-dealkylation sites (tertiary alicyclic amines) is 1. The third-order valence-electron chi connectivity index (χ3n) is 5.35. The second kappa shape index (κ2) is 7.81. The molecule has 1 aromatic rings. The van der Waals surface area contributed by atoms with Gasteiger partial charge in [0.25, 0.3) is 0 Å². The predicted octanol–water partition coefficient (Wildman–Crippen LogP) is 2.30. The molecule has 1 heterocycles. The number of carbonyl (C=O) groups excluding carboxylic acids is 3.